The van der Waals surface area contributed by atoms with E-state index in [4.69, 9.17) is 14.2 Å². The van der Waals surface area contributed by atoms with E-state index >= 15 is 0 Å². The van der Waals surface area contributed by atoms with Gasteiger partial charge in [0.15, 0.2) is 11.5 Å². The molecule has 0 atom stereocenters. The summed E-state index contributed by atoms with van der Waals surface area (Å²) in [6.07, 6.45) is 5.89. The molecule has 128 valence electrons. The van der Waals surface area contributed by atoms with Crippen molar-refractivity contribution in [2.45, 2.75) is 19.8 Å². The van der Waals surface area contributed by atoms with Gasteiger partial charge in [-0.25, -0.2) is 0 Å². The van der Waals surface area contributed by atoms with Crippen LogP contribution in [0.4, 0.5) is 0 Å². The van der Waals surface area contributed by atoms with Gasteiger partial charge in [-0.3, -0.25) is 0 Å². The molecular formula is C20H23BrO3. The van der Waals surface area contributed by atoms with Gasteiger partial charge in [0.1, 0.15) is 5.75 Å². The van der Waals surface area contributed by atoms with Gasteiger partial charge in [0.2, 0.25) is 0 Å². The number of benzene rings is 2. The van der Waals surface area contributed by atoms with Gasteiger partial charge in [-0.1, -0.05) is 40.2 Å². The van der Waals surface area contributed by atoms with E-state index in [0.29, 0.717) is 13.2 Å². The normalized spacial score (nSPS) is 10.8. The molecule has 0 fully saturated rings. The van der Waals surface area contributed by atoms with Crippen molar-refractivity contribution in [2.75, 3.05) is 20.3 Å². The maximum atomic E-state index is 5.82. The Labute approximate surface area is 152 Å². The Morgan fingerprint density at radius 1 is 0.958 bits per heavy atom. The minimum atomic E-state index is 0.640. The standard InChI is InChI=1S/C20H23BrO3/c1-3-7-16-10-11-19(20(14-16)22-2)24-13-5-4-12-23-18-9-6-8-17(21)15-18/h3,6-11,14-15H,4-5,12-13H2,1-2H3. The molecule has 0 aliphatic heterocycles. The van der Waals surface area contributed by atoms with Gasteiger partial charge >= 0.3 is 0 Å². The van der Waals surface area contributed by atoms with Crippen LogP contribution in [0.5, 0.6) is 17.2 Å². The predicted molar refractivity (Wildman–Crippen MR) is 102 cm³/mol. The van der Waals surface area contributed by atoms with Crippen LogP contribution in [-0.4, -0.2) is 20.3 Å². The number of ether oxygens (including phenoxy) is 3. The molecule has 2 aromatic carbocycles. The lowest BCUT2D eigenvalue weighted by molar-refractivity contribution is 0.258. The first-order valence-corrected chi connectivity index (χ1v) is 8.84. The molecule has 3 nitrogen and oxygen atoms in total. The summed E-state index contributed by atoms with van der Waals surface area (Å²) in [4.78, 5) is 0. The molecule has 0 unspecified atom stereocenters. The topological polar surface area (TPSA) is 27.7 Å². The first-order valence-electron chi connectivity index (χ1n) is 8.05. The van der Waals surface area contributed by atoms with Crippen molar-refractivity contribution in [3.63, 3.8) is 0 Å². The van der Waals surface area contributed by atoms with Crippen molar-refractivity contribution in [1.29, 1.82) is 0 Å². The van der Waals surface area contributed by atoms with Gasteiger partial charge in [-0.15, -0.1) is 0 Å². The van der Waals surface area contributed by atoms with E-state index in [1.807, 2.05) is 61.5 Å². The number of hydrogen-bond acceptors (Lipinski definition) is 3. The molecule has 0 radical (unpaired) electrons. The molecule has 4 heteroatoms. The monoisotopic (exact) mass is 390 g/mol. The fourth-order valence-corrected chi connectivity index (χ4v) is 2.61. The first kappa shape index (κ1) is 18.4. The molecule has 2 aromatic rings. The molecule has 0 bridgehead atoms. The van der Waals surface area contributed by atoms with Gasteiger partial charge < -0.3 is 14.2 Å². The zero-order valence-electron chi connectivity index (χ0n) is 14.1. The predicted octanol–water partition coefficient (Wildman–Crippen LogP) is 5.73. The lowest BCUT2D eigenvalue weighted by Crippen LogP contribution is -2.03. The summed E-state index contributed by atoms with van der Waals surface area (Å²) in [5.74, 6) is 2.42. The quantitative estimate of drug-likeness (QED) is 0.511. The molecule has 2 rings (SSSR count). The minimum absolute atomic E-state index is 0.640. The summed E-state index contributed by atoms with van der Waals surface area (Å²) in [7, 11) is 1.66. The summed E-state index contributed by atoms with van der Waals surface area (Å²) in [6.45, 7) is 3.31. The molecule has 0 saturated carbocycles. The van der Waals surface area contributed by atoms with E-state index in [1.54, 1.807) is 7.11 Å². The molecule has 0 aliphatic rings. The second kappa shape index (κ2) is 10.0. The van der Waals surface area contributed by atoms with Crippen LogP contribution >= 0.6 is 15.9 Å². The van der Waals surface area contributed by atoms with Crippen LogP contribution in [0.1, 0.15) is 25.3 Å². The SMILES string of the molecule is CC=Cc1ccc(OCCCCOc2cccc(Br)c2)c(OC)c1. The largest absolute Gasteiger partial charge is 0.494 e. The second-order valence-electron chi connectivity index (χ2n) is 5.27. The Bertz CT molecular complexity index is 668. The minimum Gasteiger partial charge on any atom is -0.494 e. The Hall–Kier alpha value is -1.94. The molecule has 0 N–H and O–H groups in total. The molecule has 0 aromatic heterocycles. The fourth-order valence-electron chi connectivity index (χ4n) is 2.23. The van der Waals surface area contributed by atoms with Crippen molar-refractivity contribution >= 4 is 22.0 Å². The average molecular weight is 391 g/mol. The lowest BCUT2D eigenvalue weighted by Gasteiger charge is -2.11. The summed E-state index contributed by atoms with van der Waals surface area (Å²) in [5, 5.41) is 0. The molecule has 0 spiro atoms. The third kappa shape index (κ3) is 5.93. The summed E-state index contributed by atoms with van der Waals surface area (Å²) in [5.41, 5.74) is 1.10. The highest BCUT2D eigenvalue weighted by Crippen LogP contribution is 2.28. The van der Waals surface area contributed by atoms with Crippen LogP contribution in [0, 0.1) is 0 Å². The fraction of sp³-hybridized carbons (Fsp3) is 0.300. The maximum absolute atomic E-state index is 5.82. The van der Waals surface area contributed by atoms with Gasteiger partial charge in [-0.05, 0) is 55.7 Å². The van der Waals surface area contributed by atoms with E-state index < -0.39 is 0 Å². The van der Waals surface area contributed by atoms with Crippen LogP contribution in [-0.2, 0) is 0 Å². The van der Waals surface area contributed by atoms with E-state index in [9.17, 15) is 0 Å². The molecule has 0 saturated heterocycles. The van der Waals surface area contributed by atoms with E-state index in [2.05, 4.69) is 15.9 Å². The Morgan fingerprint density at radius 2 is 1.75 bits per heavy atom. The third-order valence-corrected chi connectivity index (χ3v) is 3.90. The van der Waals surface area contributed by atoms with Crippen LogP contribution in [0.15, 0.2) is 53.0 Å². The van der Waals surface area contributed by atoms with Crippen molar-refractivity contribution < 1.29 is 14.2 Å². The number of rotatable bonds is 9. The van der Waals surface area contributed by atoms with E-state index in [1.165, 1.54) is 0 Å². The van der Waals surface area contributed by atoms with Crippen molar-refractivity contribution in [2.24, 2.45) is 0 Å². The number of halogens is 1. The number of hydrogen-bond donors (Lipinski definition) is 0. The van der Waals surface area contributed by atoms with Crippen LogP contribution in [0.25, 0.3) is 6.08 Å². The summed E-state index contributed by atoms with van der Waals surface area (Å²) < 4.78 is 17.9. The number of methoxy groups -OCH3 is 1. The third-order valence-electron chi connectivity index (χ3n) is 3.41. The zero-order chi connectivity index (χ0) is 17.2. The molecule has 0 amide bonds. The van der Waals surface area contributed by atoms with E-state index in [-0.39, 0.29) is 0 Å². The van der Waals surface area contributed by atoms with Crippen LogP contribution in [0.3, 0.4) is 0 Å². The molecule has 0 heterocycles. The van der Waals surface area contributed by atoms with Gasteiger partial charge in [0, 0.05) is 4.47 Å². The van der Waals surface area contributed by atoms with Gasteiger partial charge in [0.05, 0.1) is 20.3 Å². The summed E-state index contributed by atoms with van der Waals surface area (Å²) in [6, 6.07) is 13.8. The summed E-state index contributed by atoms with van der Waals surface area (Å²) >= 11 is 3.43. The average Bonchev–Trinajstić information content (AvgIpc) is 2.59. The van der Waals surface area contributed by atoms with Crippen LogP contribution < -0.4 is 14.2 Å². The Kier molecular flexibility index (Phi) is 7.69. The Morgan fingerprint density at radius 3 is 2.46 bits per heavy atom. The molecule has 24 heavy (non-hydrogen) atoms. The highest BCUT2D eigenvalue weighted by Gasteiger charge is 2.04. The number of allylic oxidation sites excluding steroid dienone is 1. The highest BCUT2D eigenvalue weighted by atomic mass is 79.9. The van der Waals surface area contributed by atoms with Crippen molar-refractivity contribution in [3.05, 3.63) is 58.6 Å². The van der Waals surface area contributed by atoms with Gasteiger partial charge in [-0.2, -0.15) is 0 Å². The smallest absolute Gasteiger partial charge is 0.161 e. The zero-order valence-corrected chi connectivity index (χ0v) is 15.7. The van der Waals surface area contributed by atoms with Crippen LogP contribution in [0.2, 0.25) is 0 Å². The van der Waals surface area contributed by atoms with E-state index in [0.717, 1.165) is 40.1 Å². The molecular weight excluding hydrogens is 368 g/mol. The maximum Gasteiger partial charge on any atom is 0.161 e. The number of unbranched alkanes of at least 4 members (excludes halogenated alkanes) is 1. The molecule has 0 aliphatic carbocycles. The Balaban J connectivity index is 1.72. The first-order chi connectivity index (χ1) is 11.7. The van der Waals surface area contributed by atoms with Crippen molar-refractivity contribution in [1.82, 2.24) is 0 Å². The lowest BCUT2D eigenvalue weighted by atomic mass is 10.2. The van der Waals surface area contributed by atoms with Gasteiger partial charge in [0.25, 0.3) is 0 Å². The highest BCUT2D eigenvalue weighted by molar-refractivity contribution is 9.10. The van der Waals surface area contributed by atoms with Crippen molar-refractivity contribution in [3.8, 4) is 17.2 Å². The second-order valence-corrected chi connectivity index (χ2v) is 6.19.